The number of nitrogens with zero attached hydrogens (tertiary/aromatic N) is 1. The topological polar surface area (TPSA) is 102 Å². The van der Waals surface area contributed by atoms with E-state index in [1.54, 1.807) is 4.90 Å². The highest BCUT2D eigenvalue weighted by Gasteiger charge is 2.22. The molecular weight excluding hydrogens is 458 g/mol. The maximum atomic E-state index is 12.4. The van der Waals surface area contributed by atoms with Crippen LogP contribution in [0.4, 0.5) is 4.79 Å². The number of ether oxygens (including phenoxy) is 7. The van der Waals surface area contributed by atoms with Crippen molar-refractivity contribution < 1.29 is 42.7 Å². The standard InChI is InChI=1S/C25H45NO9/c1-8-12-29-16-18-31-14-10-26(23(28)35-25(5,6)7)11-15-32-19-21-33-20-17-30-13-9-22(27)34-24(2,3)4/h1H,9-21H2,2-7H3. The number of hydrogen-bond acceptors (Lipinski definition) is 9. The quantitative estimate of drug-likeness (QED) is 0.150. The molecule has 0 aromatic heterocycles. The summed E-state index contributed by atoms with van der Waals surface area (Å²) in [5, 5.41) is 0. The van der Waals surface area contributed by atoms with E-state index in [9.17, 15) is 9.59 Å². The first kappa shape index (κ1) is 33.1. The lowest BCUT2D eigenvalue weighted by Gasteiger charge is -2.27. The van der Waals surface area contributed by atoms with Crippen LogP contribution in [0.15, 0.2) is 0 Å². The van der Waals surface area contributed by atoms with Crippen molar-refractivity contribution in [2.45, 2.75) is 59.2 Å². The molecule has 0 aliphatic carbocycles. The van der Waals surface area contributed by atoms with Gasteiger partial charge < -0.3 is 38.1 Å². The van der Waals surface area contributed by atoms with E-state index in [1.807, 2.05) is 41.5 Å². The molecule has 0 heterocycles. The second kappa shape index (κ2) is 19.3. The van der Waals surface area contributed by atoms with Gasteiger partial charge in [-0.1, -0.05) is 5.92 Å². The number of carbonyl (C=O) groups is 2. The fourth-order valence-electron chi connectivity index (χ4n) is 2.41. The fourth-order valence-corrected chi connectivity index (χ4v) is 2.41. The molecular formula is C25H45NO9. The van der Waals surface area contributed by atoms with E-state index in [0.29, 0.717) is 65.9 Å². The van der Waals surface area contributed by atoms with Gasteiger partial charge in [-0.15, -0.1) is 6.42 Å². The molecule has 0 spiro atoms. The average molecular weight is 504 g/mol. The predicted molar refractivity (Wildman–Crippen MR) is 131 cm³/mol. The first-order valence-electron chi connectivity index (χ1n) is 12.0. The molecule has 0 saturated carbocycles. The average Bonchev–Trinajstić information content (AvgIpc) is 2.72. The second-order valence-corrected chi connectivity index (χ2v) is 9.51. The first-order valence-corrected chi connectivity index (χ1v) is 12.0. The van der Waals surface area contributed by atoms with Crippen molar-refractivity contribution in [2.75, 3.05) is 79.2 Å². The molecule has 0 unspecified atom stereocenters. The first-order chi connectivity index (χ1) is 16.4. The molecule has 0 atom stereocenters. The minimum atomic E-state index is -0.594. The van der Waals surface area contributed by atoms with Gasteiger partial charge in [0.15, 0.2) is 0 Å². The molecule has 35 heavy (non-hydrogen) atoms. The molecule has 0 N–H and O–H groups in total. The smallest absolute Gasteiger partial charge is 0.410 e. The van der Waals surface area contributed by atoms with Crippen molar-refractivity contribution in [1.82, 2.24) is 4.90 Å². The van der Waals surface area contributed by atoms with Crippen LogP contribution in [0, 0.1) is 12.3 Å². The van der Waals surface area contributed by atoms with Crippen LogP contribution in [-0.4, -0.2) is 107 Å². The van der Waals surface area contributed by atoms with Gasteiger partial charge in [-0.3, -0.25) is 4.79 Å². The monoisotopic (exact) mass is 503 g/mol. The molecule has 0 fully saturated rings. The zero-order chi connectivity index (χ0) is 26.6. The molecule has 0 radical (unpaired) electrons. The Kier molecular flexibility index (Phi) is 18.3. The Labute approximate surface area is 210 Å². The van der Waals surface area contributed by atoms with Gasteiger partial charge in [-0.25, -0.2) is 4.79 Å². The Morgan fingerprint density at radius 3 is 1.54 bits per heavy atom. The molecule has 10 heteroatoms. The highest BCUT2D eigenvalue weighted by atomic mass is 16.6. The summed E-state index contributed by atoms with van der Waals surface area (Å²) in [5.41, 5.74) is -1.08. The third-order valence-corrected chi connectivity index (χ3v) is 3.83. The van der Waals surface area contributed by atoms with Gasteiger partial charge in [-0.05, 0) is 41.5 Å². The highest BCUT2D eigenvalue weighted by molar-refractivity contribution is 5.69. The predicted octanol–water partition coefficient (Wildman–Crippen LogP) is 2.67. The van der Waals surface area contributed by atoms with Crippen LogP contribution in [0.1, 0.15) is 48.0 Å². The summed E-state index contributed by atoms with van der Waals surface area (Å²) in [4.78, 5) is 25.6. The molecule has 204 valence electrons. The second-order valence-electron chi connectivity index (χ2n) is 9.51. The molecule has 0 aliphatic heterocycles. The number of hydrogen-bond donors (Lipinski definition) is 0. The van der Waals surface area contributed by atoms with Crippen LogP contribution in [0.25, 0.3) is 0 Å². The zero-order valence-electron chi connectivity index (χ0n) is 22.4. The van der Waals surface area contributed by atoms with Crippen LogP contribution in [-0.2, 0) is 38.0 Å². The molecule has 1 amide bonds. The highest BCUT2D eigenvalue weighted by Crippen LogP contribution is 2.10. The minimum Gasteiger partial charge on any atom is -0.460 e. The van der Waals surface area contributed by atoms with E-state index in [0.717, 1.165) is 0 Å². The largest absolute Gasteiger partial charge is 0.460 e. The maximum Gasteiger partial charge on any atom is 0.410 e. The number of esters is 1. The third-order valence-electron chi connectivity index (χ3n) is 3.83. The summed E-state index contributed by atoms with van der Waals surface area (Å²) in [5.74, 6) is 2.10. The van der Waals surface area contributed by atoms with Gasteiger partial charge in [-0.2, -0.15) is 0 Å². The molecule has 0 saturated heterocycles. The number of amides is 1. The molecule has 0 rings (SSSR count). The van der Waals surface area contributed by atoms with Crippen molar-refractivity contribution in [3.05, 3.63) is 0 Å². The Hall–Kier alpha value is -1.90. The SMILES string of the molecule is C#CCOCCOCCN(CCOCCOCCOCCC(=O)OC(C)(C)C)C(=O)OC(C)(C)C. The van der Waals surface area contributed by atoms with Gasteiger partial charge in [0.25, 0.3) is 0 Å². The van der Waals surface area contributed by atoms with Crippen molar-refractivity contribution in [3.63, 3.8) is 0 Å². The molecule has 0 bridgehead atoms. The molecule has 10 nitrogen and oxygen atoms in total. The number of carbonyl (C=O) groups excluding carboxylic acids is 2. The molecule has 0 aliphatic rings. The Bertz CT molecular complexity index is 606. The minimum absolute atomic E-state index is 0.207. The number of terminal acetylenes is 1. The van der Waals surface area contributed by atoms with Crippen LogP contribution in [0.2, 0.25) is 0 Å². The summed E-state index contributed by atoms with van der Waals surface area (Å²) >= 11 is 0. The summed E-state index contributed by atoms with van der Waals surface area (Å²) in [7, 11) is 0. The van der Waals surface area contributed by atoms with Gasteiger partial charge in [0.2, 0.25) is 0 Å². The van der Waals surface area contributed by atoms with Gasteiger partial charge in [0.1, 0.15) is 17.8 Å². The van der Waals surface area contributed by atoms with Gasteiger partial charge in [0.05, 0.1) is 65.9 Å². The van der Waals surface area contributed by atoms with Crippen LogP contribution < -0.4 is 0 Å². The van der Waals surface area contributed by atoms with E-state index in [-0.39, 0.29) is 25.6 Å². The van der Waals surface area contributed by atoms with E-state index >= 15 is 0 Å². The maximum absolute atomic E-state index is 12.4. The van der Waals surface area contributed by atoms with Crippen LogP contribution in [0.5, 0.6) is 0 Å². The Morgan fingerprint density at radius 1 is 0.657 bits per heavy atom. The van der Waals surface area contributed by atoms with Gasteiger partial charge in [0, 0.05) is 13.1 Å². The van der Waals surface area contributed by atoms with E-state index in [4.69, 9.17) is 39.6 Å². The fraction of sp³-hybridized carbons (Fsp3) is 0.840. The normalized spacial score (nSPS) is 11.7. The van der Waals surface area contributed by atoms with Crippen LogP contribution >= 0.6 is 0 Å². The van der Waals surface area contributed by atoms with E-state index in [2.05, 4.69) is 5.92 Å². The summed E-state index contributed by atoms with van der Waals surface area (Å²) in [6.45, 7) is 15.2. The lowest BCUT2D eigenvalue weighted by atomic mass is 10.2. The molecule has 0 aromatic carbocycles. The van der Waals surface area contributed by atoms with Crippen molar-refractivity contribution >= 4 is 12.1 Å². The van der Waals surface area contributed by atoms with E-state index < -0.39 is 17.3 Å². The van der Waals surface area contributed by atoms with E-state index in [1.165, 1.54) is 0 Å². The van der Waals surface area contributed by atoms with Crippen LogP contribution in [0.3, 0.4) is 0 Å². The lowest BCUT2D eigenvalue weighted by molar-refractivity contribution is -0.156. The van der Waals surface area contributed by atoms with Crippen molar-refractivity contribution in [2.24, 2.45) is 0 Å². The Balaban J connectivity index is 3.94. The van der Waals surface area contributed by atoms with Crippen molar-refractivity contribution in [3.8, 4) is 12.3 Å². The molecule has 0 aromatic rings. The third kappa shape index (κ3) is 23.6. The Morgan fingerprint density at radius 2 is 1.09 bits per heavy atom. The number of rotatable bonds is 19. The zero-order valence-corrected chi connectivity index (χ0v) is 22.4. The summed E-state index contributed by atoms with van der Waals surface area (Å²) in [6.07, 6.45) is 4.90. The summed E-state index contributed by atoms with van der Waals surface area (Å²) in [6, 6.07) is 0. The summed E-state index contributed by atoms with van der Waals surface area (Å²) < 4.78 is 37.7. The van der Waals surface area contributed by atoms with Gasteiger partial charge >= 0.3 is 12.1 Å². The lowest BCUT2D eigenvalue weighted by Crippen LogP contribution is -2.40. The van der Waals surface area contributed by atoms with Crippen molar-refractivity contribution in [1.29, 1.82) is 0 Å².